The van der Waals surface area contributed by atoms with Crippen LogP contribution >= 0.6 is 0 Å². The van der Waals surface area contributed by atoms with Gasteiger partial charge in [0.2, 0.25) is 21.8 Å². The quantitative estimate of drug-likeness (QED) is 0.625. The molecule has 0 aromatic heterocycles. The van der Waals surface area contributed by atoms with E-state index in [9.17, 15) is 18.0 Å². The molecule has 7 nitrogen and oxygen atoms in total. The Morgan fingerprint density at radius 1 is 1.03 bits per heavy atom. The van der Waals surface area contributed by atoms with Crippen molar-refractivity contribution in [2.75, 3.05) is 24.2 Å². The first-order valence-electron chi connectivity index (χ1n) is 10.6. The number of nitrogens with one attached hydrogen (secondary N) is 1. The summed E-state index contributed by atoms with van der Waals surface area (Å²) in [5.41, 5.74) is 4.10. The molecule has 0 spiro atoms. The van der Waals surface area contributed by atoms with Crippen molar-refractivity contribution < 1.29 is 18.0 Å². The summed E-state index contributed by atoms with van der Waals surface area (Å²) in [4.78, 5) is 27.6. The van der Waals surface area contributed by atoms with Gasteiger partial charge < -0.3 is 10.2 Å². The van der Waals surface area contributed by atoms with E-state index in [1.807, 2.05) is 64.1 Å². The van der Waals surface area contributed by atoms with Crippen LogP contribution in [-0.2, 0) is 26.2 Å². The van der Waals surface area contributed by atoms with Gasteiger partial charge in [-0.15, -0.1) is 0 Å². The zero-order valence-electron chi connectivity index (χ0n) is 19.7. The predicted molar refractivity (Wildman–Crippen MR) is 128 cm³/mol. The number of hydrogen-bond donors (Lipinski definition) is 1. The largest absolute Gasteiger partial charge is 0.357 e. The first-order valence-corrected chi connectivity index (χ1v) is 12.4. The van der Waals surface area contributed by atoms with Gasteiger partial charge in [0, 0.05) is 13.6 Å². The highest BCUT2D eigenvalue weighted by Crippen LogP contribution is 2.24. The Hall–Kier alpha value is -2.87. The molecular weight excluding hydrogens is 426 g/mol. The topological polar surface area (TPSA) is 86.8 Å². The Bertz CT molecular complexity index is 1080. The molecule has 0 saturated heterocycles. The number of hydrogen-bond acceptors (Lipinski definition) is 4. The maximum atomic E-state index is 13.5. The van der Waals surface area contributed by atoms with Gasteiger partial charge in [-0.1, -0.05) is 48.9 Å². The summed E-state index contributed by atoms with van der Waals surface area (Å²) in [6, 6.07) is 12.3. The number of carbonyl (C=O) groups excluding carboxylic acids is 2. The maximum absolute atomic E-state index is 13.5. The lowest BCUT2D eigenvalue weighted by molar-refractivity contribution is -0.140. The molecule has 0 heterocycles. The number of aryl methyl sites for hydroxylation is 3. The van der Waals surface area contributed by atoms with Crippen LogP contribution in [0.15, 0.2) is 42.5 Å². The van der Waals surface area contributed by atoms with Crippen molar-refractivity contribution >= 4 is 27.5 Å². The van der Waals surface area contributed by atoms with Crippen molar-refractivity contribution in [3.8, 4) is 0 Å². The smallest absolute Gasteiger partial charge is 0.244 e. The molecule has 2 aromatic carbocycles. The lowest BCUT2D eigenvalue weighted by Gasteiger charge is -2.33. The first kappa shape index (κ1) is 25.4. The van der Waals surface area contributed by atoms with Crippen molar-refractivity contribution in [2.45, 2.75) is 46.7 Å². The molecule has 32 heavy (non-hydrogen) atoms. The fourth-order valence-electron chi connectivity index (χ4n) is 3.74. The molecule has 1 atom stereocenters. The Morgan fingerprint density at radius 2 is 1.69 bits per heavy atom. The van der Waals surface area contributed by atoms with Crippen molar-refractivity contribution in [3.63, 3.8) is 0 Å². The van der Waals surface area contributed by atoms with Crippen LogP contribution in [0, 0.1) is 20.8 Å². The molecule has 0 saturated carbocycles. The van der Waals surface area contributed by atoms with Crippen LogP contribution in [0.3, 0.4) is 0 Å². The number of likely N-dealkylation sites (N-methyl/N-ethyl adjacent to an activating group) is 1. The molecule has 8 heteroatoms. The van der Waals surface area contributed by atoms with E-state index >= 15 is 0 Å². The minimum atomic E-state index is -3.74. The van der Waals surface area contributed by atoms with Crippen molar-refractivity contribution in [1.29, 1.82) is 0 Å². The van der Waals surface area contributed by atoms with Crippen LogP contribution < -0.4 is 9.62 Å². The Kier molecular flexibility index (Phi) is 8.44. The summed E-state index contributed by atoms with van der Waals surface area (Å²) in [7, 11) is -2.21. The number of amides is 2. The first-order chi connectivity index (χ1) is 15.0. The summed E-state index contributed by atoms with van der Waals surface area (Å²) in [6.07, 6.45) is 1.49. The summed E-state index contributed by atoms with van der Waals surface area (Å²) in [6.45, 7) is 7.33. The van der Waals surface area contributed by atoms with E-state index in [2.05, 4.69) is 5.32 Å². The lowest BCUT2D eigenvalue weighted by Crippen LogP contribution is -2.51. The molecule has 0 bridgehead atoms. The van der Waals surface area contributed by atoms with Gasteiger partial charge in [-0.3, -0.25) is 13.9 Å². The third-order valence-corrected chi connectivity index (χ3v) is 6.66. The van der Waals surface area contributed by atoms with E-state index in [1.165, 1.54) is 11.9 Å². The van der Waals surface area contributed by atoms with Crippen molar-refractivity contribution in [1.82, 2.24) is 10.2 Å². The second kappa shape index (κ2) is 10.6. The number of anilines is 1. The molecule has 174 valence electrons. The van der Waals surface area contributed by atoms with E-state index in [0.29, 0.717) is 12.1 Å². The Morgan fingerprint density at radius 3 is 2.22 bits per heavy atom. The molecule has 2 rings (SSSR count). The maximum Gasteiger partial charge on any atom is 0.244 e. The van der Waals surface area contributed by atoms with E-state index in [-0.39, 0.29) is 19.0 Å². The highest BCUT2D eigenvalue weighted by atomic mass is 32.2. The Balaban J connectivity index is 2.48. The van der Waals surface area contributed by atoms with E-state index < -0.39 is 22.0 Å². The van der Waals surface area contributed by atoms with Gasteiger partial charge in [0.05, 0.1) is 11.9 Å². The van der Waals surface area contributed by atoms with Gasteiger partial charge in [0.15, 0.2) is 0 Å². The fraction of sp³-hybridized carbons (Fsp3) is 0.417. The lowest BCUT2D eigenvalue weighted by atomic mass is 10.1. The Labute approximate surface area is 191 Å². The fourth-order valence-corrected chi connectivity index (χ4v) is 4.64. The number of nitrogens with zero attached hydrogens (tertiary/aromatic N) is 2. The highest BCUT2D eigenvalue weighted by molar-refractivity contribution is 7.92. The van der Waals surface area contributed by atoms with Crippen molar-refractivity contribution in [3.05, 3.63) is 64.7 Å². The van der Waals surface area contributed by atoms with Gasteiger partial charge >= 0.3 is 0 Å². The average Bonchev–Trinajstić information content (AvgIpc) is 2.72. The van der Waals surface area contributed by atoms with Gasteiger partial charge in [-0.25, -0.2) is 8.42 Å². The zero-order valence-corrected chi connectivity index (χ0v) is 20.5. The highest BCUT2D eigenvalue weighted by Gasteiger charge is 2.31. The minimum absolute atomic E-state index is 0.210. The van der Waals surface area contributed by atoms with Crippen molar-refractivity contribution in [2.24, 2.45) is 0 Å². The molecule has 2 amide bonds. The summed E-state index contributed by atoms with van der Waals surface area (Å²) >= 11 is 0. The van der Waals surface area contributed by atoms with Gasteiger partial charge in [0.1, 0.15) is 12.6 Å². The number of carbonyl (C=O) groups is 2. The summed E-state index contributed by atoms with van der Waals surface area (Å²) in [5, 5.41) is 2.62. The molecular formula is C24H33N3O4S. The van der Waals surface area contributed by atoms with Crippen LogP contribution in [-0.4, -0.2) is 51.0 Å². The number of benzene rings is 2. The van der Waals surface area contributed by atoms with E-state index in [1.54, 1.807) is 6.07 Å². The second-order valence-corrected chi connectivity index (χ2v) is 9.95. The van der Waals surface area contributed by atoms with Crippen LogP contribution in [0.1, 0.15) is 35.6 Å². The van der Waals surface area contributed by atoms with Crippen LogP contribution in [0.25, 0.3) is 0 Å². The minimum Gasteiger partial charge on any atom is -0.357 e. The molecule has 0 fully saturated rings. The summed E-state index contributed by atoms with van der Waals surface area (Å²) < 4.78 is 26.4. The van der Waals surface area contributed by atoms with Gasteiger partial charge in [-0.05, 0) is 49.9 Å². The van der Waals surface area contributed by atoms with E-state index in [4.69, 9.17) is 0 Å². The monoisotopic (exact) mass is 459 g/mol. The number of rotatable bonds is 9. The molecule has 0 aliphatic heterocycles. The van der Waals surface area contributed by atoms with Gasteiger partial charge in [-0.2, -0.15) is 0 Å². The predicted octanol–water partition coefficient (Wildman–Crippen LogP) is 2.93. The van der Waals surface area contributed by atoms with Gasteiger partial charge in [0.25, 0.3) is 0 Å². The molecule has 0 radical (unpaired) electrons. The standard InChI is InChI=1S/C24H33N3O4S/c1-7-21(24(29)25-5)26(15-20-11-9-8-10-18(20)3)23(28)16-27(32(6,30)31)22-13-12-17(2)14-19(22)4/h8-14,21H,7,15-16H2,1-6H3,(H,25,29)/t21-/m0/s1. The van der Waals surface area contributed by atoms with Crippen LogP contribution in [0.2, 0.25) is 0 Å². The third kappa shape index (κ3) is 6.09. The molecule has 2 aromatic rings. The molecule has 0 unspecified atom stereocenters. The normalized spacial score (nSPS) is 12.2. The second-order valence-electron chi connectivity index (χ2n) is 8.05. The summed E-state index contributed by atoms with van der Waals surface area (Å²) in [5.74, 6) is -0.721. The SMILES string of the molecule is CC[C@@H](C(=O)NC)N(Cc1ccccc1C)C(=O)CN(c1ccc(C)cc1C)S(C)(=O)=O. The molecule has 0 aliphatic rings. The third-order valence-electron chi connectivity index (χ3n) is 5.53. The molecule has 0 aliphatic carbocycles. The van der Waals surface area contributed by atoms with Crippen LogP contribution in [0.4, 0.5) is 5.69 Å². The number of sulfonamides is 1. The van der Waals surface area contributed by atoms with Crippen LogP contribution in [0.5, 0.6) is 0 Å². The zero-order chi connectivity index (χ0) is 24.1. The average molecular weight is 460 g/mol. The van der Waals surface area contributed by atoms with E-state index in [0.717, 1.165) is 32.8 Å². The molecule has 1 N–H and O–H groups in total.